The number of hydrogen-bond donors (Lipinski definition) is 2. The molecule has 0 amide bonds. The van der Waals surface area contributed by atoms with E-state index in [2.05, 4.69) is 4.74 Å². The van der Waals surface area contributed by atoms with Gasteiger partial charge in [-0.3, -0.25) is 0 Å². The standard InChI is InChI=1S/C15H20F8O3/c1-2-10(14(18,19)20)8-11(24,9-6-4-3-5-7-9)12(16,17)13(25,26-10)15(21,22)23/h9,24-25H,2-8H2,1H3. The van der Waals surface area contributed by atoms with Gasteiger partial charge < -0.3 is 14.9 Å². The largest absolute Gasteiger partial charge is 0.449 e. The summed E-state index contributed by atoms with van der Waals surface area (Å²) in [6, 6.07) is 0. The van der Waals surface area contributed by atoms with Crippen molar-refractivity contribution in [1.82, 2.24) is 0 Å². The molecule has 0 bridgehead atoms. The Morgan fingerprint density at radius 1 is 0.923 bits per heavy atom. The highest BCUT2D eigenvalue weighted by molar-refractivity contribution is 5.17. The van der Waals surface area contributed by atoms with Crippen LogP contribution in [-0.2, 0) is 4.74 Å². The third kappa shape index (κ3) is 2.81. The van der Waals surface area contributed by atoms with E-state index in [1.807, 2.05) is 0 Å². The van der Waals surface area contributed by atoms with Crippen LogP contribution in [0.15, 0.2) is 0 Å². The van der Waals surface area contributed by atoms with Gasteiger partial charge in [-0.25, -0.2) is 0 Å². The van der Waals surface area contributed by atoms with Crippen molar-refractivity contribution in [2.45, 2.75) is 87.1 Å². The van der Waals surface area contributed by atoms with Gasteiger partial charge in [0, 0.05) is 6.42 Å². The van der Waals surface area contributed by atoms with Crippen LogP contribution in [0.1, 0.15) is 51.9 Å². The Balaban J connectivity index is 2.69. The summed E-state index contributed by atoms with van der Waals surface area (Å²) in [5, 5.41) is 20.2. The van der Waals surface area contributed by atoms with E-state index < -0.39 is 54.0 Å². The summed E-state index contributed by atoms with van der Waals surface area (Å²) in [4.78, 5) is 0. The zero-order chi connectivity index (χ0) is 20.2. The Labute approximate surface area is 144 Å². The molecular formula is C15H20F8O3. The molecule has 1 saturated heterocycles. The Bertz CT molecular complexity index is 528. The molecule has 1 heterocycles. The lowest BCUT2D eigenvalue weighted by Gasteiger charge is -2.58. The molecule has 26 heavy (non-hydrogen) atoms. The SMILES string of the molecule is CCC1(C(F)(F)F)CC(O)(C2CCCCC2)C(F)(F)C(O)(C(F)(F)F)O1. The Kier molecular flexibility index (Phi) is 5.13. The van der Waals surface area contributed by atoms with Crippen molar-refractivity contribution >= 4 is 0 Å². The van der Waals surface area contributed by atoms with Crippen LogP contribution >= 0.6 is 0 Å². The fourth-order valence-electron chi connectivity index (χ4n) is 4.00. The van der Waals surface area contributed by atoms with Crippen molar-refractivity contribution in [2.24, 2.45) is 5.92 Å². The zero-order valence-corrected chi connectivity index (χ0v) is 13.9. The molecule has 0 aromatic carbocycles. The van der Waals surface area contributed by atoms with Crippen LogP contribution in [-0.4, -0.2) is 45.5 Å². The molecule has 0 aromatic rings. The van der Waals surface area contributed by atoms with E-state index >= 15 is 0 Å². The van der Waals surface area contributed by atoms with Crippen LogP contribution in [0.2, 0.25) is 0 Å². The van der Waals surface area contributed by atoms with Gasteiger partial charge in [-0.1, -0.05) is 26.2 Å². The molecule has 1 aliphatic carbocycles. The molecule has 0 spiro atoms. The van der Waals surface area contributed by atoms with Crippen LogP contribution in [0.3, 0.4) is 0 Å². The maximum absolute atomic E-state index is 14.7. The van der Waals surface area contributed by atoms with Gasteiger partial charge in [0.05, 0.1) is 0 Å². The number of ether oxygens (including phenoxy) is 1. The van der Waals surface area contributed by atoms with Crippen molar-refractivity contribution in [2.75, 3.05) is 0 Å². The first kappa shape index (κ1) is 21.6. The van der Waals surface area contributed by atoms with Crippen LogP contribution in [0.4, 0.5) is 35.1 Å². The van der Waals surface area contributed by atoms with Gasteiger partial charge in [0.2, 0.25) is 0 Å². The Morgan fingerprint density at radius 3 is 1.81 bits per heavy atom. The van der Waals surface area contributed by atoms with Gasteiger partial charge in [0.15, 0.2) is 5.60 Å². The van der Waals surface area contributed by atoms with Gasteiger partial charge in [-0.05, 0) is 25.2 Å². The van der Waals surface area contributed by atoms with Gasteiger partial charge in [-0.2, -0.15) is 35.1 Å². The van der Waals surface area contributed by atoms with E-state index in [-0.39, 0.29) is 25.7 Å². The predicted octanol–water partition coefficient (Wildman–Crippen LogP) is 4.32. The fourth-order valence-corrected chi connectivity index (χ4v) is 4.00. The van der Waals surface area contributed by atoms with Gasteiger partial charge in [0.25, 0.3) is 0 Å². The number of aliphatic hydroxyl groups is 2. The molecule has 1 aliphatic heterocycles. The van der Waals surface area contributed by atoms with E-state index in [4.69, 9.17) is 0 Å². The van der Waals surface area contributed by atoms with Crippen LogP contribution in [0.5, 0.6) is 0 Å². The van der Waals surface area contributed by atoms with Gasteiger partial charge in [-0.15, -0.1) is 0 Å². The molecule has 11 heteroatoms. The lowest BCUT2D eigenvalue weighted by molar-refractivity contribution is -0.523. The third-order valence-electron chi connectivity index (χ3n) is 5.62. The highest BCUT2D eigenvalue weighted by atomic mass is 19.4. The molecule has 3 nitrogen and oxygen atoms in total. The Hall–Kier alpha value is -0.680. The second kappa shape index (κ2) is 6.16. The second-order valence-electron chi connectivity index (χ2n) is 7.10. The molecule has 0 aromatic heterocycles. The average molecular weight is 400 g/mol. The summed E-state index contributed by atoms with van der Waals surface area (Å²) in [6.45, 7) is 0.801. The molecule has 2 aliphatic rings. The van der Waals surface area contributed by atoms with Crippen molar-refractivity contribution < 1.29 is 50.1 Å². The van der Waals surface area contributed by atoms with Crippen LogP contribution < -0.4 is 0 Å². The summed E-state index contributed by atoms with van der Waals surface area (Å²) in [5.41, 5.74) is -7.48. The highest BCUT2D eigenvalue weighted by Crippen LogP contribution is 2.63. The number of halogens is 8. The summed E-state index contributed by atoms with van der Waals surface area (Å²) in [7, 11) is 0. The average Bonchev–Trinajstić information content (AvgIpc) is 2.51. The zero-order valence-electron chi connectivity index (χ0n) is 13.9. The summed E-state index contributed by atoms with van der Waals surface area (Å²) in [5.74, 6) is -12.4. The van der Waals surface area contributed by atoms with E-state index in [0.29, 0.717) is 6.42 Å². The molecule has 2 N–H and O–H groups in total. The molecule has 3 atom stereocenters. The van der Waals surface area contributed by atoms with Crippen molar-refractivity contribution in [3.8, 4) is 0 Å². The van der Waals surface area contributed by atoms with E-state index in [1.54, 1.807) is 0 Å². The lowest BCUT2D eigenvalue weighted by Crippen LogP contribution is -2.80. The highest BCUT2D eigenvalue weighted by Gasteiger charge is 2.86. The summed E-state index contributed by atoms with van der Waals surface area (Å²) >= 11 is 0. The third-order valence-corrected chi connectivity index (χ3v) is 5.62. The predicted molar refractivity (Wildman–Crippen MR) is 72.3 cm³/mol. The second-order valence-corrected chi connectivity index (χ2v) is 7.10. The minimum Gasteiger partial charge on any atom is -0.383 e. The molecule has 2 fully saturated rings. The first-order valence-electron chi connectivity index (χ1n) is 8.24. The number of hydrogen-bond acceptors (Lipinski definition) is 3. The summed E-state index contributed by atoms with van der Waals surface area (Å²) < 4.78 is 114. The monoisotopic (exact) mass is 400 g/mol. The first-order chi connectivity index (χ1) is 11.6. The summed E-state index contributed by atoms with van der Waals surface area (Å²) in [6.07, 6.45) is -14.0. The Morgan fingerprint density at radius 2 is 1.42 bits per heavy atom. The minimum absolute atomic E-state index is 0.169. The maximum Gasteiger partial charge on any atom is 0.449 e. The van der Waals surface area contributed by atoms with Crippen LogP contribution in [0, 0.1) is 5.92 Å². The smallest absolute Gasteiger partial charge is 0.383 e. The molecule has 154 valence electrons. The molecule has 2 rings (SSSR count). The number of rotatable bonds is 2. The van der Waals surface area contributed by atoms with Crippen LogP contribution in [0.25, 0.3) is 0 Å². The maximum atomic E-state index is 14.7. The van der Waals surface area contributed by atoms with E-state index in [0.717, 1.165) is 6.92 Å². The van der Waals surface area contributed by atoms with Crippen molar-refractivity contribution in [3.63, 3.8) is 0 Å². The molecule has 1 saturated carbocycles. The quantitative estimate of drug-likeness (QED) is 0.679. The first-order valence-corrected chi connectivity index (χ1v) is 8.24. The fraction of sp³-hybridized carbons (Fsp3) is 1.00. The van der Waals surface area contributed by atoms with Crippen molar-refractivity contribution in [3.05, 3.63) is 0 Å². The van der Waals surface area contributed by atoms with Gasteiger partial charge >= 0.3 is 24.1 Å². The molecular weight excluding hydrogens is 380 g/mol. The number of alkyl halides is 8. The normalized spacial score (nSPS) is 39.8. The molecule has 3 unspecified atom stereocenters. The van der Waals surface area contributed by atoms with Crippen molar-refractivity contribution in [1.29, 1.82) is 0 Å². The van der Waals surface area contributed by atoms with Gasteiger partial charge in [0.1, 0.15) is 5.60 Å². The van der Waals surface area contributed by atoms with E-state index in [9.17, 15) is 45.3 Å². The minimum atomic E-state index is -6.26. The molecule has 0 radical (unpaired) electrons. The topological polar surface area (TPSA) is 49.7 Å². The lowest BCUT2D eigenvalue weighted by atomic mass is 9.64. The van der Waals surface area contributed by atoms with E-state index in [1.165, 1.54) is 0 Å².